The molecule has 27 heavy (non-hydrogen) atoms. The minimum absolute atomic E-state index is 0.0410. The van der Waals surface area contributed by atoms with Gasteiger partial charge < -0.3 is 0 Å². The first-order valence-corrected chi connectivity index (χ1v) is 10.5. The van der Waals surface area contributed by atoms with E-state index in [9.17, 15) is 9.59 Å². The largest absolute Gasteiger partial charge is 0.293 e. The Morgan fingerprint density at radius 1 is 1.30 bits per heavy atom. The van der Waals surface area contributed by atoms with Gasteiger partial charge in [-0.1, -0.05) is 35.5 Å². The Balaban J connectivity index is 1.97. The van der Waals surface area contributed by atoms with Gasteiger partial charge in [-0.3, -0.25) is 14.2 Å². The molecule has 0 atom stereocenters. The number of hydrogen-bond donors (Lipinski definition) is 0. The predicted molar refractivity (Wildman–Crippen MR) is 115 cm³/mol. The smallest absolute Gasteiger partial charge is 0.263 e. The second kappa shape index (κ2) is 7.82. The fourth-order valence-electron chi connectivity index (χ4n) is 2.95. The first-order chi connectivity index (χ1) is 12.8. The number of aromatic nitrogens is 2. The summed E-state index contributed by atoms with van der Waals surface area (Å²) in [5, 5.41) is 1.23. The zero-order valence-electron chi connectivity index (χ0n) is 16.0. The lowest BCUT2D eigenvalue weighted by Crippen LogP contribution is -2.23. The molecule has 2 heterocycles. The van der Waals surface area contributed by atoms with Crippen LogP contribution in [0.2, 0.25) is 0 Å². The maximum atomic E-state index is 13.0. The maximum Gasteiger partial charge on any atom is 0.263 e. The molecule has 4 nitrogen and oxygen atoms in total. The molecule has 140 valence electrons. The van der Waals surface area contributed by atoms with Gasteiger partial charge in [0.2, 0.25) is 0 Å². The van der Waals surface area contributed by atoms with Gasteiger partial charge in [0.25, 0.3) is 5.56 Å². The molecule has 2 aromatic heterocycles. The number of thiophene rings is 1. The van der Waals surface area contributed by atoms with Crippen LogP contribution < -0.4 is 5.56 Å². The third kappa shape index (κ3) is 3.77. The van der Waals surface area contributed by atoms with Crippen LogP contribution in [0.4, 0.5) is 0 Å². The molecular formula is C21H22N2O2S2. The Bertz CT molecular complexity index is 1110. The van der Waals surface area contributed by atoms with Crippen LogP contribution in [0.25, 0.3) is 10.2 Å². The number of Topliss-reactive ketones (excluding diaryl/α,β-unsaturated/α-hetero) is 1. The van der Waals surface area contributed by atoms with E-state index in [2.05, 4.69) is 11.6 Å². The van der Waals surface area contributed by atoms with Crippen LogP contribution >= 0.6 is 23.1 Å². The van der Waals surface area contributed by atoms with E-state index in [4.69, 9.17) is 0 Å². The van der Waals surface area contributed by atoms with E-state index in [1.807, 2.05) is 45.9 Å². The average Bonchev–Trinajstić information content (AvgIpc) is 2.92. The number of ketones is 1. The van der Waals surface area contributed by atoms with Crippen LogP contribution in [0.3, 0.4) is 0 Å². The van der Waals surface area contributed by atoms with E-state index >= 15 is 0 Å². The minimum Gasteiger partial charge on any atom is -0.293 e. The molecule has 0 aliphatic heterocycles. The topological polar surface area (TPSA) is 52.0 Å². The Morgan fingerprint density at radius 3 is 2.74 bits per heavy atom. The van der Waals surface area contributed by atoms with Gasteiger partial charge in [-0.2, -0.15) is 0 Å². The third-order valence-corrected chi connectivity index (χ3v) is 6.67. The van der Waals surface area contributed by atoms with E-state index in [-0.39, 0.29) is 17.1 Å². The maximum absolute atomic E-state index is 13.0. The highest BCUT2D eigenvalue weighted by molar-refractivity contribution is 7.99. The molecule has 0 aliphatic rings. The second-order valence-corrected chi connectivity index (χ2v) is 8.74. The molecule has 0 unspecified atom stereocenters. The molecule has 0 saturated heterocycles. The van der Waals surface area contributed by atoms with Crippen LogP contribution in [-0.2, 0) is 6.54 Å². The molecule has 0 amide bonds. The quantitative estimate of drug-likeness (QED) is 0.258. The summed E-state index contributed by atoms with van der Waals surface area (Å²) in [4.78, 5) is 32.2. The van der Waals surface area contributed by atoms with Crippen LogP contribution in [0, 0.1) is 27.7 Å². The summed E-state index contributed by atoms with van der Waals surface area (Å²) >= 11 is 2.83. The van der Waals surface area contributed by atoms with Gasteiger partial charge in [-0.15, -0.1) is 17.9 Å². The van der Waals surface area contributed by atoms with Gasteiger partial charge in [0.1, 0.15) is 4.83 Å². The molecule has 1 aromatic carbocycles. The molecular weight excluding hydrogens is 376 g/mol. The van der Waals surface area contributed by atoms with Gasteiger partial charge in [-0.25, -0.2) is 4.98 Å². The molecule has 0 radical (unpaired) electrons. The van der Waals surface area contributed by atoms with Gasteiger partial charge in [-0.05, 0) is 44.9 Å². The van der Waals surface area contributed by atoms with Crippen molar-refractivity contribution in [2.45, 2.75) is 39.4 Å². The SMILES string of the molecule is C=CCn1c(SCC(=O)c2cc(C)ccc2C)nc2sc(C)c(C)c2c1=O. The van der Waals surface area contributed by atoms with Crippen molar-refractivity contribution in [3.63, 3.8) is 0 Å². The van der Waals surface area contributed by atoms with Crippen molar-refractivity contribution in [3.8, 4) is 0 Å². The molecule has 0 N–H and O–H groups in total. The van der Waals surface area contributed by atoms with E-state index in [0.29, 0.717) is 17.1 Å². The second-order valence-electron chi connectivity index (χ2n) is 6.59. The average molecular weight is 399 g/mol. The summed E-state index contributed by atoms with van der Waals surface area (Å²) in [5.41, 5.74) is 3.66. The fraction of sp³-hybridized carbons (Fsp3) is 0.286. The summed E-state index contributed by atoms with van der Waals surface area (Å²) in [6.45, 7) is 12.0. The minimum atomic E-state index is -0.0663. The number of nitrogens with zero attached hydrogens (tertiary/aromatic N) is 2. The van der Waals surface area contributed by atoms with E-state index < -0.39 is 0 Å². The number of hydrogen-bond acceptors (Lipinski definition) is 5. The normalized spacial score (nSPS) is 11.1. The lowest BCUT2D eigenvalue weighted by molar-refractivity contribution is 0.102. The van der Waals surface area contributed by atoms with E-state index in [0.717, 1.165) is 32.0 Å². The van der Waals surface area contributed by atoms with Crippen molar-refractivity contribution >= 4 is 39.1 Å². The highest BCUT2D eigenvalue weighted by Crippen LogP contribution is 2.28. The van der Waals surface area contributed by atoms with E-state index in [1.54, 1.807) is 10.6 Å². The number of aryl methyl sites for hydroxylation is 4. The summed E-state index contributed by atoms with van der Waals surface area (Å²) in [6, 6.07) is 5.87. The standard InChI is InChI=1S/C21H22N2O2S2/c1-6-9-23-20(25)18-14(4)15(5)27-19(18)22-21(23)26-11-17(24)16-10-12(2)7-8-13(16)3/h6-8,10H,1,9,11H2,2-5H3. The van der Waals surface area contributed by atoms with Crippen molar-refractivity contribution in [2.75, 3.05) is 5.75 Å². The molecule has 3 aromatic rings. The third-order valence-electron chi connectivity index (χ3n) is 4.59. The van der Waals surface area contributed by atoms with E-state index in [1.165, 1.54) is 23.1 Å². The number of fused-ring (bicyclic) bond motifs is 1. The van der Waals surface area contributed by atoms with Crippen LogP contribution in [0.5, 0.6) is 0 Å². The number of carbonyl (C=O) groups is 1. The predicted octanol–water partition coefficient (Wildman–Crippen LogP) is 4.85. The van der Waals surface area contributed by atoms with Crippen molar-refractivity contribution in [2.24, 2.45) is 0 Å². The molecule has 6 heteroatoms. The van der Waals surface area contributed by atoms with Gasteiger partial charge in [0, 0.05) is 17.0 Å². The van der Waals surface area contributed by atoms with Crippen LogP contribution in [0.15, 0.2) is 40.8 Å². The van der Waals surface area contributed by atoms with Gasteiger partial charge in [0.05, 0.1) is 11.1 Å². The molecule has 3 rings (SSSR count). The Kier molecular flexibility index (Phi) is 5.67. The van der Waals surface area contributed by atoms with Crippen molar-refractivity contribution < 1.29 is 4.79 Å². The number of carbonyl (C=O) groups excluding carboxylic acids is 1. The van der Waals surface area contributed by atoms with Crippen LogP contribution in [0.1, 0.15) is 31.9 Å². The summed E-state index contributed by atoms with van der Waals surface area (Å²) in [6.07, 6.45) is 1.68. The molecule has 0 aliphatic carbocycles. The van der Waals surface area contributed by atoms with Crippen LogP contribution in [-0.4, -0.2) is 21.1 Å². The zero-order chi connectivity index (χ0) is 19.7. The Hall–Kier alpha value is -2.18. The first kappa shape index (κ1) is 19.6. The van der Waals surface area contributed by atoms with Crippen molar-refractivity contribution in [3.05, 3.63) is 68.3 Å². The number of rotatable bonds is 6. The van der Waals surface area contributed by atoms with Crippen molar-refractivity contribution in [1.29, 1.82) is 0 Å². The molecule has 0 fully saturated rings. The zero-order valence-corrected chi connectivity index (χ0v) is 17.6. The van der Waals surface area contributed by atoms with Crippen molar-refractivity contribution in [1.82, 2.24) is 9.55 Å². The Labute approximate surface area is 167 Å². The first-order valence-electron chi connectivity index (χ1n) is 8.68. The highest BCUT2D eigenvalue weighted by Gasteiger charge is 2.18. The number of benzene rings is 1. The Morgan fingerprint density at radius 2 is 2.04 bits per heavy atom. The highest BCUT2D eigenvalue weighted by atomic mass is 32.2. The number of allylic oxidation sites excluding steroid dienone is 1. The summed E-state index contributed by atoms with van der Waals surface area (Å²) in [5.74, 6) is 0.280. The van der Waals surface area contributed by atoms with Gasteiger partial charge in [0.15, 0.2) is 10.9 Å². The van der Waals surface area contributed by atoms with Gasteiger partial charge >= 0.3 is 0 Å². The number of thioether (sulfide) groups is 1. The lowest BCUT2D eigenvalue weighted by atomic mass is 10.0. The molecule has 0 saturated carbocycles. The summed E-state index contributed by atoms with van der Waals surface area (Å²) < 4.78 is 1.61. The monoisotopic (exact) mass is 398 g/mol. The fourth-order valence-corrected chi connectivity index (χ4v) is 4.92. The molecule has 0 spiro atoms. The molecule has 0 bridgehead atoms. The summed E-state index contributed by atoms with van der Waals surface area (Å²) in [7, 11) is 0. The lowest BCUT2D eigenvalue weighted by Gasteiger charge is -2.11.